The second-order valence-electron chi connectivity index (χ2n) is 6.78. The minimum absolute atomic E-state index is 0.217. The van der Waals surface area contributed by atoms with Gasteiger partial charge in [-0.05, 0) is 36.8 Å². The number of hydrogen-bond donors (Lipinski definition) is 2. The van der Waals surface area contributed by atoms with Crippen LogP contribution in [0.2, 0.25) is 0 Å². The SMILES string of the molecule is C[C@H](Nc1nc2ccccc2s1)C(=O)N/N=C\c1ccc(N2CCOCC2)cc1. The Balaban J connectivity index is 1.29. The lowest BCUT2D eigenvalue weighted by molar-refractivity contribution is -0.121. The molecule has 0 saturated carbocycles. The lowest BCUT2D eigenvalue weighted by Gasteiger charge is -2.28. The summed E-state index contributed by atoms with van der Waals surface area (Å²) in [6.45, 7) is 5.12. The Morgan fingerprint density at radius 1 is 1.21 bits per heavy atom. The van der Waals surface area contributed by atoms with Crippen LogP contribution in [0.25, 0.3) is 10.2 Å². The van der Waals surface area contributed by atoms with Crippen LogP contribution < -0.4 is 15.6 Å². The molecule has 2 heterocycles. The maximum Gasteiger partial charge on any atom is 0.262 e. The van der Waals surface area contributed by atoms with Gasteiger partial charge in [-0.1, -0.05) is 35.6 Å². The standard InChI is InChI=1S/C21H23N5O2S/c1-15(23-21-24-18-4-2-3-5-19(18)29-21)20(27)25-22-14-16-6-8-17(9-7-16)26-10-12-28-13-11-26/h2-9,14-15H,10-13H2,1H3,(H,23,24)(H,25,27)/b22-14-/t15-/m0/s1. The normalized spacial score (nSPS) is 15.6. The summed E-state index contributed by atoms with van der Waals surface area (Å²) in [5, 5.41) is 7.92. The van der Waals surface area contributed by atoms with E-state index in [4.69, 9.17) is 4.74 Å². The quantitative estimate of drug-likeness (QED) is 0.483. The Morgan fingerprint density at radius 2 is 1.97 bits per heavy atom. The predicted molar refractivity (Wildman–Crippen MR) is 118 cm³/mol. The van der Waals surface area contributed by atoms with Gasteiger partial charge >= 0.3 is 0 Å². The van der Waals surface area contributed by atoms with Gasteiger partial charge < -0.3 is 15.0 Å². The van der Waals surface area contributed by atoms with Crippen LogP contribution in [-0.4, -0.2) is 49.5 Å². The van der Waals surface area contributed by atoms with Crippen LogP contribution in [0.5, 0.6) is 0 Å². The van der Waals surface area contributed by atoms with Crippen LogP contribution in [0.1, 0.15) is 12.5 Å². The second kappa shape index (κ2) is 9.02. The molecule has 1 amide bonds. The number of morpholine rings is 1. The van der Waals surface area contributed by atoms with Gasteiger partial charge in [0, 0.05) is 18.8 Å². The minimum Gasteiger partial charge on any atom is -0.378 e. The Labute approximate surface area is 173 Å². The van der Waals surface area contributed by atoms with Gasteiger partial charge in [0.15, 0.2) is 5.13 Å². The number of para-hydroxylation sites is 1. The summed E-state index contributed by atoms with van der Waals surface area (Å²) >= 11 is 1.52. The molecule has 1 aliphatic rings. The fourth-order valence-corrected chi connectivity index (χ4v) is 4.00. The molecule has 0 unspecified atom stereocenters. The fourth-order valence-electron chi connectivity index (χ4n) is 3.04. The van der Waals surface area contributed by atoms with Gasteiger partial charge in [-0.2, -0.15) is 5.10 Å². The molecule has 7 nitrogen and oxygen atoms in total. The topological polar surface area (TPSA) is 78.8 Å². The zero-order chi connectivity index (χ0) is 20.1. The van der Waals surface area contributed by atoms with E-state index in [1.807, 2.05) is 36.4 Å². The number of nitrogens with zero attached hydrogens (tertiary/aromatic N) is 3. The first kappa shape index (κ1) is 19.4. The van der Waals surface area contributed by atoms with Crippen molar-refractivity contribution >= 4 is 44.5 Å². The Bertz CT molecular complexity index is 963. The number of carbonyl (C=O) groups excluding carboxylic acids is 1. The van der Waals surface area contributed by atoms with Crippen LogP contribution in [0.3, 0.4) is 0 Å². The van der Waals surface area contributed by atoms with Crippen LogP contribution in [0.4, 0.5) is 10.8 Å². The van der Waals surface area contributed by atoms with Gasteiger partial charge in [0.2, 0.25) is 0 Å². The predicted octanol–water partition coefficient (Wildman–Crippen LogP) is 3.08. The highest BCUT2D eigenvalue weighted by Crippen LogP contribution is 2.25. The minimum atomic E-state index is -0.448. The summed E-state index contributed by atoms with van der Waals surface area (Å²) < 4.78 is 6.47. The molecule has 2 aromatic carbocycles. The highest BCUT2D eigenvalue weighted by Gasteiger charge is 2.14. The lowest BCUT2D eigenvalue weighted by Crippen LogP contribution is -2.36. The summed E-state index contributed by atoms with van der Waals surface area (Å²) in [5.41, 5.74) is 5.60. The molecular formula is C21H23N5O2S. The third-order valence-electron chi connectivity index (χ3n) is 4.68. The number of hydrazone groups is 1. The van der Waals surface area contributed by atoms with E-state index in [1.165, 1.54) is 17.0 Å². The molecule has 1 saturated heterocycles. The maximum absolute atomic E-state index is 12.3. The van der Waals surface area contributed by atoms with E-state index in [9.17, 15) is 4.79 Å². The maximum atomic E-state index is 12.3. The van der Waals surface area contributed by atoms with Crippen molar-refractivity contribution in [3.63, 3.8) is 0 Å². The number of rotatable bonds is 6. The van der Waals surface area contributed by atoms with Crippen molar-refractivity contribution in [1.29, 1.82) is 0 Å². The number of benzene rings is 2. The summed E-state index contributed by atoms with van der Waals surface area (Å²) in [6, 6.07) is 15.5. The van der Waals surface area contributed by atoms with E-state index < -0.39 is 6.04 Å². The van der Waals surface area contributed by atoms with Crippen molar-refractivity contribution < 1.29 is 9.53 Å². The smallest absolute Gasteiger partial charge is 0.262 e. The number of aromatic nitrogens is 1. The molecule has 1 atom stereocenters. The number of hydrogen-bond acceptors (Lipinski definition) is 7. The Kier molecular flexibility index (Phi) is 6.02. The summed E-state index contributed by atoms with van der Waals surface area (Å²) in [5.74, 6) is -0.217. The first-order chi connectivity index (χ1) is 14.2. The average molecular weight is 410 g/mol. The van der Waals surface area contributed by atoms with Gasteiger partial charge in [-0.3, -0.25) is 4.79 Å². The zero-order valence-electron chi connectivity index (χ0n) is 16.2. The van der Waals surface area contributed by atoms with E-state index in [-0.39, 0.29) is 5.91 Å². The molecule has 3 aromatic rings. The number of anilines is 2. The number of nitrogens with one attached hydrogen (secondary N) is 2. The zero-order valence-corrected chi connectivity index (χ0v) is 17.0. The number of amides is 1. The average Bonchev–Trinajstić information content (AvgIpc) is 3.17. The molecule has 4 rings (SSSR count). The molecule has 0 radical (unpaired) electrons. The van der Waals surface area contributed by atoms with Crippen molar-refractivity contribution in [2.75, 3.05) is 36.5 Å². The molecule has 0 bridgehead atoms. The fraction of sp³-hybridized carbons (Fsp3) is 0.286. The summed E-state index contributed by atoms with van der Waals surface area (Å²) in [6.07, 6.45) is 1.64. The molecular weight excluding hydrogens is 386 g/mol. The largest absolute Gasteiger partial charge is 0.378 e. The lowest BCUT2D eigenvalue weighted by atomic mass is 10.2. The van der Waals surface area contributed by atoms with E-state index in [1.54, 1.807) is 13.1 Å². The van der Waals surface area contributed by atoms with Crippen LogP contribution >= 0.6 is 11.3 Å². The molecule has 1 aliphatic heterocycles. The summed E-state index contributed by atoms with van der Waals surface area (Å²) in [4.78, 5) is 19.1. The second-order valence-corrected chi connectivity index (χ2v) is 7.81. The van der Waals surface area contributed by atoms with Crippen molar-refractivity contribution in [1.82, 2.24) is 10.4 Å². The van der Waals surface area contributed by atoms with Crippen molar-refractivity contribution in [3.8, 4) is 0 Å². The Hall–Kier alpha value is -2.97. The van der Waals surface area contributed by atoms with Crippen molar-refractivity contribution in [3.05, 3.63) is 54.1 Å². The van der Waals surface area contributed by atoms with Crippen molar-refractivity contribution in [2.24, 2.45) is 5.10 Å². The first-order valence-electron chi connectivity index (χ1n) is 9.57. The third-order valence-corrected chi connectivity index (χ3v) is 5.65. The number of fused-ring (bicyclic) bond motifs is 1. The van der Waals surface area contributed by atoms with E-state index in [0.29, 0.717) is 0 Å². The highest BCUT2D eigenvalue weighted by molar-refractivity contribution is 7.22. The van der Waals surface area contributed by atoms with Gasteiger partial charge in [0.25, 0.3) is 5.91 Å². The number of thiazole rings is 1. The first-order valence-corrected chi connectivity index (χ1v) is 10.4. The molecule has 2 N–H and O–H groups in total. The highest BCUT2D eigenvalue weighted by atomic mass is 32.1. The van der Waals surface area contributed by atoms with Crippen LogP contribution in [0.15, 0.2) is 53.6 Å². The monoisotopic (exact) mass is 409 g/mol. The third kappa shape index (κ3) is 4.90. The van der Waals surface area contributed by atoms with E-state index in [0.717, 1.165) is 47.2 Å². The van der Waals surface area contributed by atoms with Crippen molar-refractivity contribution in [2.45, 2.75) is 13.0 Å². The number of ether oxygens (including phenoxy) is 1. The van der Waals surface area contributed by atoms with Gasteiger partial charge in [0.05, 0.1) is 29.6 Å². The molecule has 1 aromatic heterocycles. The van der Waals surface area contributed by atoms with Gasteiger partial charge in [0.1, 0.15) is 6.04 Å². The van der Waals surface area contributed by atoms with E-state index in [2.05, 4.69) is 37.9 Å². The Morgan fingerprint density at radius 3 is 2.72 bits per heavy atom. The summed E-state index contributed by atoms with van der Waals surface area (Å²) in [7, 11) is 0. The van der Waals surface area contributed by atoms with Gasteiger partial charge in [-0.15, -0.1) is 0 Å². The molecule has 29 heavy (non-hydrogen) atoms. The molecule has 150 valence electrons. The van der Waals surface area contributed by atoms with Crippen LogP contribution in [-0.2, 0) is 9.53 Å². The van der Waals surface area contributed by atoms with E-state index >= 15 is 0 Å². The molecule has 0 spiro atoms. The molecule has 0 aliphatic carbocycles. The van der Waals surface area contributed by atoms with Crippen LogP contribution in [0, 0.1) is 0 Å². The van der Waals surface area contributed by atoms with Gasteiger partial charge in [-0.25, -0.2) is 10.4 Å². The molecule has 1 fully saturated rings. The number of carbonyl (C=O) groups is 1. The molecule has 8 heteroatoms.